The summed E-state index contributed by atoms with van der Waals surface area (Å²) in [4.78, 5) is 27.0. The van der Waals surface area contributed by atoms with Gasteiger partial charge in [0.25, 0.3) is 5.91 Å². The predicted octanol–water partition coefficient (Wildman–Crippen LogP) is 5.48. The number of carbonyl (C=O) groups excluding carboxylic acids is 1. The zero-order valence-electron chi connectivity index (χ0n) is 25.6. The zero-order chi connectivity index (χ0) is 30.6. The molecular weight excluding hydrogens is 566 g/mol. The monoisotopic (exact) mass is 607 g/mol. The summed E-state index contributed by atoms with van der Waals surface area (Å²) in [5.74, 6) is -0.313. The molecule has 1 amide bonds. The normalized spacial score (nSPS) is 24.3. The molecule has 3 aliphatic rings. The quantitative estimate of drug-likeness (QED) is 0.258. The molecule has 3 fully saturated rings. The third-order valence-electron chi connectivity index (χ3n) is 9.34. The number of rotatable bonds is 9. The SMILES string of the molecule is O=C(Nc1ccc([C@H]2O[C@@H](CN3CCC[C@H]3CN3CCCC3)C[C@@H](c3ccc(CO)cc3)O2)cc1)c1cnc2ccccc2n1. The van der Waals surface area contributed by atoms with E-state index in [1.54, 1.807) is 0 Å². The molecular formula is C36H41N5O4. The van der Waals surface area contributed by atoms with Crippen molar-refractivity contribution in [2.45, 2.75) is 63.3 Å². The molecule has 45 heavy (non-hydrogen) atoms. The Kier molecular flexibility index (Phi) is 9.13. The van der Waals surface area contributed by atoms with Crippen LogP contribution in [-0.4, -0.2) is 75.7 Å². The summed E-state index contributed by atoms with van der Waals surface area (Å²) in [6.45, 7) is 5.59. The van der Waals surface area contributed by atoms with Crippen LogP contribution in [0.25, 0.3) is 11.0 Å². The van der Waals surface area contributed by atoms with E-state index in [0.29, 0.717) is 17.2 Å². The fourth-order valence-electron chi connectivity index (χ4n) is 6.89. The van der Waals surface area contributed by atoms with Crippen LogP contribution in [0.3, 0.4) is 0 Å². The number of aromatic nitrogens is 2. The van der Waals surface area contributed by atoms with Crippen LogP contribution in [0.2, 0.25) is 0 Å². The average Bonchev–Trinajstić information content (AvgIpc) is 3.77. The van der Waals surface area contributed by atoms with Crippen molar-refractivity contribution in [3.8, 4) is 0 Å². The van der Waals surface area contributed by atoms with Gasteiger partial charge in [0.15, 0.2) is 6.29 Å². The smallest absolute Gasteiger partial charge is 0.275 e. The Labute approximate surface area is 264 Å². The fourth-order valence-corrected chi connectivity index (χ4v) is 6.89. The first-order chi connectivity index (χ1) is 22.1. The van der Waals surface area contributed by atoms with Gasteiger partial charge in [0.2, 0.25) is 0 Å². The minimum absolute atomic E-state index is 0.0105. The topological polar surface area (TPSA) is 100 Å². The standard InChI is InChI=1S/C36H41N5O4/c42-24-25-9-11-26(12-10-25)34-20-30(23-41-19-5-6-29(41)22-40-17-3-4-18-40)44-36(45-34)27-13-15-28(16-14-27)38-35(43)33-21-37-31-7-1-2-8-32(31)39-33/h1-2,7-16,21,29-30,34,36,42H,3-6,17-20,22-24H2,(H,38,43)/t29-,30+,34-,36-/m0/s1. The molecule has 7 rings (SSSR count). The Bertz CT molecular complexity index is 1590. The van der Waals surface area contributed by atoms with Crippen molar-refractivity contribution in [1.29, 1.82) is 0 Å². The maximum absolute atomic E-state index is 12.9. The van der Waals surface area contributed by atoms with Crippen molar-refractivity contribution in [3.05, 3.63) is 101 Å². The molecule has 0 unspecified atom stereocenters. The highest BCUT2D eigenvalue weighted by molar-refractivity contribution is 6.03. The predicted molar refractivity (Wildman–Crippen MR) is 173 cm³/mol. The average molecular weight is 608 g/mol. The number of fused-ring (bicyclic) bond motifs is 1. The lowest BCUT2D eigenvalue weighted by atomic mass is 9.99. The minimum atomic E-state index is -0.540. The summed E-state index contributed by atoms with van der Waals surface area (Å²) >= 11 is 0. The van der Waals surface area contributed by atoms with Crippen LogP contribution in [0, 0.1) is 0 Å². The van der Waals surface area contributed by atoms with Gasteiger partial charge in [-0.15, -0.1) is 0 Å². The first kappa shape index (κ1) is 30.0. The number of hydrogen-bond donors (Lipinski definition) is 2. The van der Waals surface area contributed by atoms with E-state index in [-0.39, 0.29) is 30.4 Å². The second-order valence-corrected chi connectivity index (χ2v) is 12.5. The van der Waals surface area contributed by atoms with Crippen LogP contribution in [0.5, 0.6) is 0 Å². The lowest BCUT2D eigenvalue weighted by Crippen LogP contribution is -2.45. The van der Waals surface area contributed by atoms with Gasteiger partial charge >= 0.3 is 0 Å². The van der Waals surface area contributed by atoms with Crippen LogP contribution < -0.4 is 5.32 Å². The Morgan fingerprint density at radius 2 is 1.62 bits per heavy atom. The van der Waals surface area contributed by atoms with Gasteiger partial charge in [-0.05, 0) is 80.7 Å². The van der Waals surface area contributed by atoms with E-state index >= 15 is 0 Å². The first-order valence-electron chi connectivity index (χ1n) is 16.2. The number of aliphatic hydroxyl groups is 1. The molecule has 4 aromatic rings. The van der Waals surface area contributed by atoms with Crippen molar-refractivity contribution in [2.75, 3.05) is 38.0 Å². The van der Waals surface area contributed by atoms with Gasteiger partial charge in [-0.3, -0.25) is 14.7 Å². The van der Waals surface area contributed by atoms with E-state index in [4.69, 9.17) is 9.47 Å². The van der Waals surface area contributed by atoms with Crippen molar-refractivity contribution in [1.82, 2.24) is 19.8 Å². The summed E-state index contributed by atoms with van der Waals surface area (Å²) in [6.07, 6.45) is 6.71. The van der Waals surface area contributed by atoms with E-state index in [1.165, 1.54) is 45.0 Å². The van der Waals surface area contributed by atoms with Gasteiger partial charge in [-0.1, -0.05) is 48.5 Å². The zero-order valence-corrected chi connectivity index (χ0v) is 25.6. The maximum Gasteiger partial charge on any atom is 0.275 e. The third-order valence-corrected chi connectivity index (χ3v) is 9.34. The minimum Gasteiger partial charge on any atom is -0.392 e. The van der Waals surface area contributed by atoms with Crippen molar-refractivity contribution in [3.63, 3.8) is 0 Å². The van der Waals surface area contributed by atoms with E-state index in [2.05, 4.69) is 37.2 Å². The third kappa shape index (κ3) is 7.08. The molecule has 0 spiro atoms. The molecule has 9 nitrogen and oxygen atoms in total. The molecule has 0 saturated carbocycles. The number of hydrogen-bond acceptors (Lipinski definition) is 8. The number of para-hydroxylation sites is 2. The molecule has 2 N–H and O–H groups in total. The molecule has 4 heterocycles. The number of nitrogens with zero attached hydrogens (tertiary/aromatic N) is 4. The number of ether oxygens (including phenoxy) is 2. The van der Waals surface area contributed by atoms with E-state index in [9.17, 15) is 9.90 Å². The summed E-state index contributed by atoms with van der Waals surface area (Å²) < 4.78 is 13.2. The molecule has 3 aliphatic heterocycles. The van der Waals surface area contributed by atoms with Crippen LogP contribution in [0.1, 0.15) is 71.7 Å². The van der Waals surface area contributed by atoms with Crippen molar-refractivity contribution < 1.29 is 19.4 Å². The summed E-state index contributed by atoms with van der Waals surface area (Å²) in [7, 11) is 0. The largest absolute Gasteiger partial charge is 0.392 e. The second kappa shape index (κ2) is 13.7. The Hall–Kier alpha value is -3.73. The van der Waals surface area contributed by atoms with Crippen molar-refractivity contribution >= 4 is 22.6 Å². The molecule has 234 valence electrons. The van der Waals surface area contributed by atoms with Gasteiger partial charge in [-0.25, -0.2) is 4.98 Å². The second-order valence-electron chi connectivity index (χ2n) is 12.5. The molecule has 1 aromatic heterocycles. The van der Waals surface area contributed by atoms with Crippen LogP contribution in [-0.2, 0) is 16.1 Å². The van der Waals surface area contributed by atoms with Crippen LogP contribution >= 0.6 is 0 Å². The van der Waals surface area contributed by atoms with Gasteiger partial charge < -0.3 is 24.8 Å². The molecule has 0 bridgehead atoms. The highest BCUT2D eigenvalue weighted by atomic mass is 16.7. The maximum atomic E-state index is 12.9. The summed E-state index contributed by atoms with van der Waals surface area (Å²) in [6, 6.07) is 23.7. The van der Waals surface area contributed by atoms with Crippen molar-refractivity contribution in [2.24, 2.45) is 0 Å². The molecule has 3 aromatic carbocycles. The number of aliphatic hydroxyl groups excluding tert-OH is 1. The highest BCUT2D eigenvalue weighted by Gasteiger charge is 2.36. The van der Waals surface area contributed by atoms with Gasteiger partial charge in [0.1, 0.15) is 5.69 Å². The lowest BCUT2D eigenvalue weighted by molar-refractivity contribution is -0.253. The lowest BCUT2D eigenvalue weighted by Gasteiger charge is -2.39. The Morgan fingerprint density at radius 3 is 2.40 bits per heavy atom. The van der Waals surface area contributed by atoms with Gasteiger partial charge in [0, 0.05) is 36.8 Å². The molecule has 3 saturated heterocycles. The van der Waals surface area contributed by atoms with Crippen LogP contribution in [0.15, 0.2) is 79.0 Å². The molecule has 0 radical (unpaired) electrons. The Balaban J connectivity index is 1.06. The van der Waals surface area contributed by atoms with E-state index in [0.717, 1.165) is 48.3 Å². The Morgan fingerprint density at radius 1 is 0.867 bits per heavy atom. The summed E-state index contributed by atoms with van der Waals surface area (Å²) in [5, 5.41) is 12.5. The number of anilines is 1. The molecule has 0 aliphatic carbocycles. The summed E-state index contributed by atoms with van der Waals surface area (Å²) in [5.41, 5.74) is 5.21. The van der Waals surface area contributed by atoms with E-state index < -0.39 is 6.29 Å². The van der Waals surface area contributed by atoms with Crippen LogP contribution in [0.4, 0.5) is 5.69 Å². The molecule has 9 heteroatoms. The number of carbonyl (C=O) groups is 1. The van der Waals surface area contributed by atoms with Gasteiger partial charge in [0.05, 0.1) is 36.0 Å². The number of benzene rings is 3. The van der Waals surface area contributed by atoms with E-state index in [1.807, 2.05) is 60.7 Å². The first-order valence-corrected chi connectivity index (χ1v) is 16.2. The van der Waals surface area contributed by atoms with Gasteiger partial charge in [-0.2, -0.15) is 0 Å². The highest BCUT2D eigenvalue weighted by Crippen LogP contribution is 2.39. The number of likely N-dealkylation sites (tertiary alicyclic amines) is 2. The number of amides is 1. The number of nitrogens with one attached hydrogen (secondary N) is 1. The molecule has 4 atom stereocenters. The fraction of sp³-hybridized carbons (Fsp3) is 0.417.